The summed E-state index contributed by atoms with van der Waals surface area (Å²) in [5.41, 5.74) is 2.31. The van der Waals surface area contributed by atoms with Crippen LogP contribution in [0.4, 0.5) is 0 Å². The van der Waals surface area contributed by atoms with Crippen LogP contribution in [0.5, 0.6) is 0 Å². The summed E-state index contributed by atoms with van der Waals surface area (Å²) in [7, 11) is 1.47. The van der Waals surface area contributed by atoms with Gasteiger partial charge in [-0.05, 0) is 30.0 Å². The molecule has 1 fully saturated rings. The lowest BCUT2D eigenvalue weighted by molar-refractivity contribution is -0.147. The Bertz CT molecular complexity index is 448. The predicted octanol–water partition coefficient (Wildman–Crippen LogP) is 2.32. The van der Waals surface area contributed by atoms with Gasteiger partial charge in [0.2, 0.25) is 0 Å². The summed E-state index contributed by atoms with van der Waals surface area (Å²) in [6.45, 7) is 8.05. The van der Waals surface area contributed by atoms with Crippen molar-refractivity contribution in [2.75, 3.05) is 33.3 Å². The van der Waals surface area contributed by atoms with Crippen molar-refractivity contribution >= 4 is 5.97 Å². The van der Waals surface area contributed by atoms with Crippen molar-refractivity contribution in [1.82, 2.24) is 10.2 Å². The number of esters is 1. The average molecular weight is 290 g/mol. The highest BCUT2D eigenvalue weighted by Gasteiger charge is 2.28. The van der Waals surface area contributed by atoms with Crippen LogP contribution in [-0.2, 0) is 9.53 Å². The van der Waals surface area contributed by atoms with Crippen molar-refractivity contribution in [3.05, 3.63) is 35.4 Å². The molecule has 1 saturated heterocycles. The van der Waals surface area contributed by atoms with E-state index in [4.69, 9.17) is 4.74 Å². The second kappa shape index (κ2) is 7.57. The second-order valence-electron chi connectivity index (χ2n) is 5.89. The zero-order valence-electron chi connectivity index (χ0n) is 13.3. The van der Waals surface area contributed by atoms with E-state index in [-0.39, 0.29) is 12.0 Å². The number of ether oxygens (including phenoxy) is 1. The van der Waals surface area contributed by atoms with Crippen LogP contribution in [0.25, 0.3) is 0 Å². The van der Waals surface area contributed by atoms with E-state index < -0.39 is 0 Å². The first-order chi connectivity index (χ1) is 10.1. The molecule has 1 N–H and O–H groups in total. The van der Waals surface area contributed by atoms with E-state index in [1.165, 1.54) is 12.7 Å². The summed E-state index contributed by atoms with van der Waals surface area (Å²) in [6, 6.07) is 8.07. The third-order valence-electron chi connectivity index (χ3n) is 4.08. The Balaban J connectivity index is 2.24. The molecule has 1 aliphatic rings. The molecule has 1 aromatic carbocycles. The Labute approximate surface area is 127 Å². The quantitative estimate of drug-likeness (QED) is 0.864. The molecule has 4 nitrogen and oxygen atoms in total. The molecule has 21 heavy (non-hydrogen) atoms. The molecule has 0 saturated carbocycles. The van der Waals surface area contributed by atoms with Gasteiger partial charge in [-0.2, -0.15) is 0 Å². The lowest BCUT2D eigenvalue weighted by Gasteiger charge is -2.28. The summed E-state index contributed by atoms with van der Waals surface area (Å²) < 4.78 is 5.04. The SMILES string of the molecule is COC(=O)C(c1ccc(C(C)C)cc1)N1CCCNCC1. The third-order valence-corrected chi connectivity index (χ3v) is 4.08. The summed E-state index contributed by atoms with van der Waals surface area (Å²) >= 11 is 0. The first kappa shape index (κ1) is 16.0. The highest BCUT2D eigenvalue weighted by molar-refractivity contribution is 5.77. The summed E-state index contributed by atoms with van der Waals surface area (Å²) in [5.74, 6) is 0.326. The van der Waals surface area contributed by atoms with Gasteiger partial charge in [0.25, 0.3) is 0 Å². The minimum absolute atomic E-state index is 0.172. The van der Waals surface area contributed by atoms with Gasteiger partial charge in [0.05, 0.1) is 7.11 Å². The third kappa shape index (κ3) is 4.05. The fourth-order valence-corrected chi connectivity index (χ4v) is 2.80. The molecule has 1 aliphatic heterocycles. The topological polar surface area (TPSA) is 41.6 Å². The second-order valence-corrected chi connectivity index (χ2v) is 5.89. The van der Waals surface area contributed by atoms with Gasteiger partial charge < -0.3 is 10.1 Å². The van der Waals surface area contributed by atoms with Crippen molar-refractivity contribution in [2.24, 2.45) is 0 Å². The monoisotopic (exact) mass is 290 g/mol. The van der Waals surface area contributed by atoms with Crippen molar-refractivity contribution in [1.29, 1.82) is 0 Å². The zero-order valence-corrected chi connectivity index (χ0v) is 13.3. The van der Waals surface area contributed by atoms with E-state index in [1.807, 2.05) is 0 Å². The summed E-state index contributed by atoms with van der Waals surface area (Å²) in [6.07, 6.45) is 1.05. The first-order valence-corrected chi connectivity index (χ1v) is 7.76. The molecule has 1 aromatic rings. The molecule has 0 bridgehead atoms. The van der Waals surface area contributed by atoms with Crippen LogP contribution in [0, 0.1) is 0 Å². The Morgan fingerprint density at radius 1 is 1.14 bits per heavy atom. The van der Waals surface area contributed by atoms with Crippen molar-refractivity contribution in [2.45, 2.75) is 32.2 Å². The van der Waals surface area contributed by atoms with Gasteiger partial charge in [0, 0.05) is 19.6 Å². The van der Waals surface area contributed by atoms with E-state index in [2.05, 4.69) is 48.3 Å². The Kier molecular flexibility index (Phi) is 5.76. The van der Waals surface area contributed by atoms with Crippen LogP contribution in [0.3, 0.4) is 0 Å². The number of carbonyl (C=O) groups excluding carboxylic acids is 1. The van der Waals surface area contributed by atoms with Gasteiger partial charge in [0.15, 0.2) is 0 Å². The molecule has 4 heteroatoms. The number of hydrogen-bond donors (Lipinski definition) is 1. The Hall–Kier alpha value is -1.39. The van der Waals surface area contributed by atoms with Crippen LogP contribution in [0.15, 0.2) is 24.3 Å². The largest absolute Gasteiger partial charge is 0.468 e. The maximum atomic E-state index is 12.3. The fraction of sp³-hybridized carbons (Fsp3) is 0.588. The Morgan fingerprint density at radius 2 is 1.81 bits per heavy atom. The van der Waals surface area contributed by atoms with E-state index in [0.717, 1.165) is 38.2 Å². The number of methoxy groups -OCH3 is 1. The number of nitrogens with zero attached hydrogens (tertiary/aromatic N) is 1. The predicted molar refractivity (Wildman–Crippen MR) is 84.3 cm³/mol. The van der Waals surface area contributed by atoms with Crippen molar-refractivity contribution in [3.63, 3.8) is 0 Å². The highest BCUT2D eigenvalue weighted by Crippen LogP contribution is 2.25. The van der Waals surface area contributed by atoms with Gasteiger partial charge in [-0.25, -0.2) is 4.79 Å². The maximum Gasteiger partial charge on any atom is 0.327 e. The molecule has 0 aromatic heterocycles. The summed E-state index contributed by atoms with van der Waals surface area (Å²) in [4.78, 5) is 14.5. The van der Waals surface area contributed by atoms with Gasteiger partial charge in [-0.15, -0.1) is 0 Å². The molecule has 0 aliphatic carbocycles. The van der Waals surface area contributed by atoms with Crippen molar-refractivity contribution < 1.29 is 9.53 Å². The van der Waals surface area contributed by atoms with E-state index in [9.17, 15) is 4.79 Å². The Morgan fingerprint density at radius 3 is 2.43 bits per heavy atom. The molecule has 1 heterocycles. The molecule has 1 unspecified atom stereocenters. The molecular weight excluding hydrogens is 264 g/mol. The molecule has 2 rings (SSSR count). The molecule has 116 valence electrons. The lowest BCUT2D eigenvalue weighted by Crippen LogP contribution is -2.37. The van der Waals surface area contributed by atoms with Crippen LogP contribution in [0.1, 0.15) is 43.4 Å². The van der Waals surface area contributed by atoms with Gasteiger partial charge in [-0.3, -0.25) is 4.90 Å². The molecular formula is C17H26N2O2. The number of hydrogen-bond acceptors (Lipinski definition) is 4. The molecule has 0 radical (unpaired) electrons. The van der Waals surface area contributed by atoms with E-state index in [0.29, 0.717) is 5.92 Å². The van der Waals surface area contributed by atoms with Crippen LogP contribution < -0.4 is 5.32 Å². The smallest absolute Gasteiger partial charge is 0.327 e. The molecule has 0 spiro atoms. The van der Waals surface area contributed by atoms with Crippen LogP contribution >= 0.6 is 0 Å². The van der Waals surface area contributed by atoms with E-state index in [1.54, 1.807) is 0 Å². The van der Waals surface area contributed by atoms with Gasteiger partial charge in [0.1, 0.15) is 6.04 Å². The normalized spacial score (nSPS) is 18.3. The van der Waals surface area contributed by atoms with Crippen LogP contribution in [0.2, 0.25) is 0 Å². The number of carbonyl (C=O) groups is 1. The number of rotatable bonds is 4. The van der Waals surface area contributed by atoms with Gasteiger partial charge >= 0.3 is 5.97 Å². The lowest BCUT2D eigenvalue weighted by atomic mass is 9.98. The molecule has 1 atom stereocenters. The van der Waals surface area contributed by atoms with E-state index >= 15 is 0 Å². The maximum absolute atomic E-state index is 12.3. The van der Waals surface area contributed by atoms with Crippen LogP contribution in [-0.4, -0.2) is 44.2 Å². The molecule has 0 amide bonds. The summed E-state index contributed by atoms with van der Waals surface area (Å²) in [5, 5.41) is 3.37. The minimum atomic E-state index is -0.295. The average Bonchev–Trinajstić information content (AvgIpc) is 2.77. The number of benzene rings is 1. The first-order valence-electron chi connectivity index (χ1n) is 7.76. The standard InChI is InChI=1S/C17H26N2O2/c1-13(2)14-5-7-15(8-6-14)16(17(20)21-3)19-11-4-9-18-10-12-19/h5-8,13,16,18H,4,9-12H2,1-3H3. The minimum Gasteiger partial charge on any atom is -0.468 e. The van der Waals surface area contributed by atoms with Gasteiger partial charge in [-0.1, -0.05) is 38.1 Å². The fourth-order valence-electron chi connectivity index (χ4n) is 2.80. The van der Waals surface area contributed by atoms with Crippen molar-refractivity contribution in [3.8, 4) is 0 Å². The number of nitrogens with one attached hydrogen (secondary N) is 1. The zero-order chi connectivity index (χ0) is 15.2. The highest BCUT2D eigenvalue weighted by atomic mass is 16.5.